The first-order valence-corrected chi connectivity index (χ1v) is 8.19. The molecule has 1 saturated carbocycles. The Bertz CT molecular complexity index is 625. The molecule has 1 aromatic rings. The molecule has 1 aliphatic carbocycles. The molecule has 0 spiro atoms. The monoisotopic (exact) mass is 339 g/mol. The average molecular weight is 340 g/mol. The van der Waals surface area contributed by atoms with Gasteiger partial charge in [0.05, 0.1) is 15.5 Å². The van der Waals surface area contributed by atoms with Crippen molar-refractivity contribution in [2.24, 2.45) is 5.92 Å². The number of nitro benzene ring substituents is 1. The minimum absolute atomic E-state index is 0.109. The number of nitro groups is 1. The highest BCUT2D eigenvalue weighted by molar-refractivity contribution is 6.35. The molecular weight excluding hydrogens is 318 g/mol. The van der Waals surface area contributed by atoms with Crippen molar-refractivity contribution in [1.82, 2.24) is 5.32 Å². The first-order chi connectivity index (χ1) is 10.8. The van der Waals surface area contributed by atoms with E-state index in [0.717, 1.165) is 25.7 Å². The zero-order valence-corrected chi connectivity index (χ0v) is 14.4. The van der Waals surface area contributed by atoms with E-state index in [1.165, 1.54) is 6.07 Å². The third-order valence-corrected chi connectivity index (χ3v) is 5.01. The number of rotatable bonds is 4. The fraction of sp³-hybridized carbons (Fsp3) is 0.562. The van der Waals surface area contributed by atoms with Gasteiger partial charge < -0.3 is 10.6 Å². The Labute approximate surface area is 140 Å². The van der Waals surface area contributed by atoms with Crippen molar-refractivity contribution in [3.05, 3.63) is 32.3 Å². The largest absolute Gasteiger partial charge is 0.382 e. The van der Waals surface area contributed by atoms with Gasteiger partial charge >= 0.3 is 0 Å². The Balaban J connectivity index is 2.28. The summed E-state index contributed by atoms with van der Waals surface area (Å²) in [7, 11) is 1.59. The number of amides is 1. The predicted molar refractivity (Wildman–Crippen MR) is 91.3 cm³/mol. The lowest BCUT2D eigenvalue weighted by Gasteiger charge is -2.27. The summed E-state index contributed by atoms with van der Waals surface area (Å²) in [6.45, 7) is 3.87. The molecule has 2 rings (SSSR count). The standard InChI is InChI=1S/C16H22ClN3O3/c1-9-4-6-11(7-5-9)19-16(21)12-8-13(20(22)23)15(18-3)10(2)14(12)17/h8-9,11,18H,4-7H2,1-3H3,(H,19,21). The maximum absolute atomic E-state index is 12.5. The first kappa shape index (κ1) is 17.5. The third kappa shape index (κ3) is 3.75. The maximum atomic E-state index is 12.5. The number of carbonyl (C=O) groups excluding carboxylic acids is 1. The van der Waals surface area contributed by atoms with Gasteiger partial charge in [0.1, 0.15) is 5.69 Å². The van der Waals surface area contributed by atoms with Crippen molar-refractivity contribution in [2.45, 2.75) is 45.6 Å². The second kappa shape index (κ2) is 7.17. The minimum atomic E-state index is -0.506. The Morgan fingerprint density at radius 3 is 2.48 bits per heavy atom. The fourth-order valence-corrected chi connectivity index (χ4v) is 3.30. The zero-order chi connectivity index (χ0) is 17.1. The zero-order valence-electron chi connectivity index (χ0n) is 13.6. The minimum Gasteiger partial charge on any atom is -0.382 e. The summed E-state index contributed by atoms with van der Waals surface area (Å²) in [5.74, 6) is 0.341. The molecule has 7 heteroatoms. The van der Waals surface area contributed by atoms with E-state index >= 15 is 0 Å². The summed E-state index contributed by atoms with van der Waals surface area (Å²) in [6, 6.07) is 1.36. The summed E-state index contributed by atoms with van der Waals surface area (Å²) >= 11 is 6.27. The Kier molecular flexibility index (Phi) is 5.46. The molecule has 1 aromatic carbocycles. The molecule has 6 nitrogen and oxygen atoms in total. The van der Waals surface area contributed by atoms with Gasteiger partial charge in [-0.15, -0.1) is 0 Å². The van der Waals surface area contributed by atoms with Crippen molar-refractivity contribution in [2.75, 3.05) is 12.4 Å². The smallest absolute Gasteiger partial charge is 0.293 e. The summed E-state index contributed by atoms with van der Waals surface area (Å²) < 4.78 is 0. The molecule has 0 radical (unpaired) electrons. The van der Waals surface area contributed by atoms with Gasteiger partial charge in [0.2, 0.25) is 0 Å². The fourth-order valence-electron chi connectivity index (χ4n) is 3.07. The van der Waals surface area contributed by atoms with E-state index in [0.29, 0.717) is 17.2 Å². The summed E-state index contributed by atoms with van der Waals surface area (Å²) in [5, 5.41) is 17.2. The van der Waals surface area contributed by atoms with Crippen LogP contribution in [0.15, 0.2) is 6.07 Å². The van der Waals surface area contributed by atoms with Crippen LogP contribution in [0.3, 0.4) is 0 Å². The normalized spacial score (nSPS) is 20.9. The molecule has 0 aliphatic heterocycles. The van der Waals surface area contributed by atoms with Crippen LogP contribution in [0.2, 0.25) is 5.02 Å². The maximum Gasteiger partial charge on any atom is 0.293 e. The van der Waals surface area contributed by atoms with Gasteiger partial charge in [-0.05, 0) is 44.1 Å². The van der Waals surface area contributed by atoms with Gasteiger partial charge in [0.25, 0.3) is 11.6 Å². The second-order valence-corrected chi connectivity index (χ2v) is 6.57. The van der Waals surface area contributed by atoms with Gasteiger partial charge in [-0.3, -0.25) is 14.9 Å². The first-order valence-electron chi connectivity index (χ1n) is 7.81. The number of halogens is 1. The van der Waals surface area contributed by atoms with Crippen LogP contribution in [0.1, 0.15) is 48.5 Å². The van der Waals surface area contributed by atoms with E-state index < -0.39 is 4.92 Å². The lowest BCUT2D eigenvalue weighted by atomic mass is 9.87. The highest BCUT2D eigenvalue weighted by atomic mass is 35.5. The highest BCUT2D eigenvalue weighted by Crippen LogP contribution is 2.36. The number of carbonyl (C=O) groups is 1. The van der Waals surface area contributed by atoms with Gasteiger partial charge in [-0.1, -0.05) is 18.5 Å². The van der Waals surface area contributed by atoms with E-state index in [1.54, 1.807) is 14.0 Å². The van der Waals surface area contributed by atoms with Crippen LogP contribution in [0.4, 0.5) is 11.4 Å². The second-order valence-electron chi connectivity index (χ2n) is 6.19. The summed E-state index contributed by atoms with van der Waals surface area (Å²) in [4.78, 5) is 23.2. The van der Waals surface area contributed by atoms with Crippen molar-refractivity contribution < 1.29 is 9.72 Å². The van der Waals surface area contributed by atoms with Crippen molar-refractivity contribution in [3.63, 3.8) is 0 Å². The molecule has 2 N–H and O–H groups in total. The molecule has 1 amide bonds. The predicted octanol–water partition coefficient (Wildman–Crippen LogP) is 3.91. The van der Waals surface area contributed by atoms with E-state index in [4.69, 9.17) is 11.6 Å². The van der Waals surface area contributed by atoms with Gasteiger partial charge in [-0.25, -0.2) is 0 Å². The van der Waals surface area contributed by atoms with Crippen LogP contribution in [0, 0.1) is 23.0 Å². The van der Waals surface area contributed by atoms with E-state index in [9.17, 15) is 14.9 Å². The highest BCUT2D eigenvalue weighted by Gasteiger charge is 2.26. The lowest BCUT2D eigenvalue weighted by molar-refractivity contribution is -0.384. The number of nitrogens with one attached hydrogen (secondary N) is 2. The molecule has 126 valence electrons. The molecule has 0 heterocycles. The quantitative estimate of drug-likeness (QED) is 0.643. The Morgan fingerprint density at radius 2 is 1.96 bits per heavy atom. The Morgan fingerprint density at radius 1 is 1.35 bits per heavy atom. The summed E-state index contributed by atoms with van der Waals surface area (Å²) in [5.41, 5.74) is 0.860. The number of hydrogen-bond donors (Lipinski definition) is 2. The van der Waals surface area contributed by atoms with Crippen LogP contribution < -0.4 is 10.6 Å². The van der Waals surface area contributed by atoms with Gasteiger partial charge in [-0.2, -0.15) is 0 Å². The van der Waals surface area contributed by atoms with Crippen molar-refractivity contribution in [3.8, 4) is 0 Å². The molecule has 0 aromatic heterocycles. The molecule has 1 fully saturated rings. The van der Waals surface area contributed by atoms with Crippen LogP contribution in [-0.2, 0) is 0 Å². The van der Waals surface area contributed by atoms with Gasteiger partial charge in [0, 0.05) is 19.2 Å². The SMILES string of the molecule is CNc1c([N+](=O)[O-])cc(C(=O)NC2CCC(C)CC2)c(Cl)c1C. The molecule has 0 atom stereocenters. The average Bonchev–Trinajstić information content (AvgIpc) is 2.51. The molecule has 0 saturated heterocycles. The Hall–Kier alpha value is -1.82. The number of benzene rings is 1. The molecule has 1 aliphatic rings. The van der Waals surface area contributed by atoms with Crippen LogP contribution >= 0.6 is 11.6 Å². The number of nitrogens with zero attached hydrogens (tertiary/aromatic N) is 1. The molecule has 0 bridgehead atoms. The van der Waals surface area contributed by atoms with E-state index in [2.05, 4.69) is 17.6 Å². The summed E-state index contributed by atoms with van der Waals surface area (Å²) in [6.07, 6.45) is 4.02. The molecule has 23 heavy (non-hydrogen) atoms. The van der Waals surface area contributed by atoms with Crippen LogP contribution in [0.5, 0.6) is 0 Å². The number of hydrogen-bond acceptors (Lipinski definition) is 4. The van der Waals surface area contributed by atoms with Gasteiger partial charge in [0.15, 0.2) is 0 Å². The van der Waals surface area contributed by atoms with E-state index in [1.807, 2.05) is 0 Å². The van der Waals surface area contributed by atoms with Crippen LogP contribution in [-0.4, -0.2) is 23.9 Å². The lowest BCUT2D eigenvalue weighted by Crippen LogP contribution is -2.37. The molecule has 0 unspecified atom stereocenters. The van der Waals surface area contributed by atoms with Crippen molar-refractivity contribution in [1.29, 1.82) is 0 Å². The topological polar surface area (TPSA) is 84.3 Å². The van der Waals surface area contributed by atoms with Crippen LogP contribution in [0.25, 0.3) is 0 Å². The van der Waals surface area contributed by atoms with E-state index in [-0.39, 0.29) is 28.2 Å². The number of anilines is 1. The third-order valence-electron chi connectivity index (χ3n) is 4.52. The molecular formula is C16H22ClN3O3. The van der Waals surface area contributed by atoms with Crippen molar-refractivity contribution >= 4 is 28.9 Å².